The van der Waals surface area contributed by atoms with Crippen molar-refractivity contribution in [2.24, 2.45) is 4.99 Å². The number of carbonyl (C=O) groups is 1. The zero-order valence-corrected chi connectivity index (χ0v) is 21.3. The van der Waals surface area contributed by atoms with Gasteiger partial charge in [0.05, 0.1) is 27.6 Å². The molecule has 0 radical (unpaired) electrons. The van der Waals surface area contributed by atoms with Crippen LogP contribution >= 0.6 is 35.1 Å². The van der Waals surface area contributed by atoms with Gasteiger partial charge in [-0.05, 0) is 78.8 Å². The van der Waals surface area contributed by atoms with E-state index in [0.717, 1.165) is 43.5 Å². The molecule has 0 bridgehead atoms. The monoisotopic (exact) mass is 514 g/mol. The Bertz CT molecular complexity index is 1580. The van der Waals surface area contributed by atoms with Crippen molar-refractivity contribution >= 4 is 74.2 Å². The van der Waals surface area contributed by atoms with E-state index in [9.17, 15) is 4.79 Å². The van der Waals surface area contributed by atoms with Gasteiger partial charge in [-0.25, -0.2) is 4.99 Å². The number of nitrogens with zero attached hydrogens (tertiary/aromatic N) is 4. The fraction of sp³-hybridized carbons (Fsp3) is 0.0741. The summed E-state index contributed by atoms with van der Waals surface area (Å²) in [6.07, 6.45) is 1.78. The van der Waals surface area contributed by atoms with Gasteiger partial charge in [0, 0.05) is 28.5 Å². The number of thioether (sulfide) groups is 2. The van der Waals surface area contributed by atoms with Gasteiger partial charge in [-0.15, -0.1) is 0 Å². The van der Waals surface area contributed by atoms with Crippen LogP contribution in [0.4, 0.5) is 17.1 Å². The molecule has 2 aliphatic heterocycles. The molecular formula is C27H19ClN4OS2. The Morgan fingerprint density at radius 1 is 0.971 bits per heavy atom. The van der Waals surface area contributed by atoms with Crippen LogP contribution in [0.2, 0.25) is 5.02 Å². The lowest BCUT2D eigenvalue weighted by molar-refractivity contribution is -0.113. The molecular weight excluding hydrogens is 496 g/mol. The number of aryl methyl sites for hydroxylation is 1. The summed E-state index contributed by atoms with van der Waals surface area (Å²) in [5.74, 6) is -0.0879. The maximum absolute atomic E-state index is 13.9. The van der Waals surface area contributed by atoms with Crippen molar-refractivity contribution in [1.82, 2.24) is 4.98 Å². The van der Waals surface area contributed by atoms with Gasteiger partial charge >= 0.3 is 0 Å². The van der Waals surface area contributed by atoms with Crippen LogP contribution in [0.3, 0.4) is 0 Å². The van der Waals surface area contributed by atoms with E-state index in [2.05, 4.69) is 4.98 Å². The fourth-order valence-corrected chi connectivity index (χ4v) is 6.63. The van der Waals surface area contributed by atoms with Crippen LogP contribution in [0.25, 0.3) is 10.9 Å². The molecule has 3 heterocycles. The third-order valence-electron chi connectivity index (χ3n) is 5.84. The molecule has 0 N–H and O–H groups in total. The highest BCUT2D eigenvalue weighted by atomic mass is 35.5. The second kappa shape index (κ2) is 8.75. The maximum atomic E-state index is 13.9. The molecule has 0 saturated carbocycles. The molecule has 1 fully saturated rings. The summed E-state index contributed by atoms with van der Waals surface area (Å²) < 4.78 is 0. The van der Waals surface area contributed by atoms with Crippen LogP contribution in [0.1, 0.15) is 5.56 Å². The second-order valence-corrected chi connectivity index (χ2v) is 10.7. The van der Waals surface area contributed by atoms with Crippen LogP contribution in [0.15, 0.2) is 98.8 Å². The number of hydrogen-bond donors (Lipinski definition) is 0. The Labute approximate surface area is 216 Å². The van der Waals surface area contributed by atoms with Crippen LogP contribution in [-0.2, 0) is 4.79 Å². The molecule has 0 aliphatic carbocycles. The summed E-state index contributed by atoms with van der Waals surface area (Å²) in [5, 5.41) is 3.17. The molecule has 5 nitrogen and oxygen atoms in total. The van der Waals surface area contributed by atoms with Gasteiger partial charge in [0.15, 0.2) is 5.17 Å². The van der Waals surface area contributed by atoms with Gasteiger partial charge in [-0.2, -0.15) is 0 Å². The van der Waals surface area contributed by atoms with E-state index in [1.165, 1.54) is 11.8 Å². The predicted molar refractivity (Wildman–Crippen MR) is 148 cm³/mol. The van der Waals surface area contributed by atoms with Gasteiger partial charge in [-0.1, -0.05) is 41.6 Å². The minimum absolute atomic E-state index is 0.0879. The number of rotatable bonds is 2. The summed E-state index contributed by atoms with van der Waals surface area (Å²) in [6, 6.07) is 23.5. The molecule has 1 amide bonds. The van der Waals surface area contributed by atoms with E-state index in [1.54, 1.807) is 22.9 Å². The number of fused-ring (bicyclic) bond motifs is 2. The molecule has 1 saturated heterocycles. The first-order valence-corrected chi connectivity index (χ1v) is 13.0. The number of benzene rings is 3. The molecule has 8 heteroatoms. The van der Waals surface area contributed by atoms with Crippen molar-refractivity contribution in [3.05, 3.63) is 99.5 Å². The number of aliphatic imine (C=N–C) groups is 1. The molecule has 2 aliphatic rings. The smallest absolute Gasteiger partial charge is 0.274 e. The number of hydrogen-bond acceptors (Lipinski definition) is 6. The number of aromatic nitrogens is 1. The van der Waals surface area contributed by atoms with Crippen LogP contribution in [-0.4, -0.2) is 23.1 Å². The number of amidine groups is 1. The zero-order chi connectivity index (χ0) is 24.1. The first-order chi connectivity index (χ1) is 17.0. The fourth-order valence-electron chi connectivity index (χ4n) is 4.13. The highest BCUT2D eigenvalue weighted by Crippen LogP contribution is 2.51. The highest BCUT2D eigenvalue weighted by Gasteiger charge is 2.40. The number of pyridine rings is 1. The van der Waals surface area contributed by atoms with Crippen molar-refractivity contribution < 1.29 is 4.79 Å². The number of halogens is 1. The largest absolute Gasteiger partial charge is 0.337 e. The molecule has 1 aromatic heterocycles. The van der Waals surface area contributed by atoms with Crippen LogP contribution in [0, 0.1) is 6.92 Å². The van der Waals surface area contributed by atoms with E-state index in [4.69, 9.17) is 16.6 Å². The lowest BCUT2D eigenvalue weighted by Gasteiger charge is -2.17. The van der Waals surface area contributed by atoms with E-state index in [0.29, 0.717) is 15.1 Å². The van der Waals surface area contributed by atoms with Crippen molar-refractivity contribution in [2.45, 2.75) is 11.8 Å². The summed E-state index contributed by atoms with van der Waals surface area (Å²) >= 11 is 9.22. The highest BCUT2D eigenvalue weighted by molar-refractivity contribution is 8.20. The van der Waals surface area contributed by atoms with Gasteiger partial charge in [-0.3, -0.25) is 14.7 Å². The van der Waals surface area contributed by atoms with E-state index < -0.39 is 0 Å². The summed E-state index contributed by atoms with van der Waals surface area (Å²) in [4.78, 5) is 28.7. The molecule has 3 aromatic carbocycles. The van der Waals surface area contributed by atoms with Crippen molar-refractivity contribution in [2.75, 3.05) is 16.8 Å². The molecule has 35 heavy (non-hydrogen) atoms. The van der Waals surface area contributed by atoms with Gasteiger partial charge in [0.1, 0.15) is 4.91 Å². The Morgan fingerprint density at radius 2 is 1.86 bits per heavy atom. The lowest BCUT2D eigenvalue weighted by Crippen LogP contribution is -2.29. The average Bonchev–Trinajstić information content (AvgIpc) is 3.34. The van der Waals surface area contributed by atoms with Crippen molar-refractivity contribution in [3.63, 3.8) is 0 Å². The zero-order valence-electron chi connectivity index (χ0n) is 18.9. The molecule has 0 spiro atoms. The van der Waals surface area contributed by atoms with Gasteiger partial charge < -0.3 is 4.90 Å². The lowest BCUT2D eigenvalue weighted by atomic mass is 10.2. The topological polar surface area (TPSA) is 48.8 Å². The molecule has 4 aromatic rings. The summed E-state index contributed by atoms with van der Waals surface area (Å²) in [5.41, 5.74) is 4.54. The third kappa shape index (κ3) is 3.99. The molecule has 6 rings (SSSR count). The van der Waals surface area contributed by atoms with E-state index in [-0.39, 0.29) is 5.91 Å². The standard InChI is InChI=1S/C27H19ClN4OS2/c1-16-5-3-7-20(13-16)32-25(33)24(26-31(2)22-15-18(28)8-11-23(22)34-26)35-27(32)30-19-9-10-21-17(14-19)6-4-12-29-21/h3-15H,1-2H3. The minimum atomic E-state index is -0.0879. The normalized spacial score (nSPS) is 18.7. The molecule has 0 unspecified atom stereocenters. The van der Waals surface area contributed by atoms with Gasteiger partial charge in [0.2, 0.25) is 0 Å². The van der Waals surface area contributed by atoms with Crippen molar-refractivity contribution in [3.8, 4) is 0 Å². The maximum Gasteiger partial charge on any atom is 0.274 e. The summed E-state index contributed by atoms with van der Waals surface area (Å²) in [6.45, 7) is 2.02. The van der Waals surface area contributed by atoms with Crippen molar-refractivity contribution in [1.29, 1.82) is 0 Å². The van der Waals surface area contributed by atoms with Crippen LogP contribution < -0.4 is 9.80 Å². The first-order valence-electron chi connectivity index (χ1n) is 11.0. The Hall–Kier alpha value is -3.26. The number of amides is 1. The Morgan fingerprint density at radius 3 is 2.71 bits per heavy atom. The third-order valence-corrected chi connectivity index (χ3v) is 8.47. The number of carbonyl (C=O) groups excluding carboxylic acids is 1. The van der Waals surface area contributed by atoms with E-state index >= 15 is 0 Å². The first kappa shape index (κ1) is 22.2. The van der Waals surface area contributed by atoms with Gasteiger partial charge in [0.25, 0.3) is 5.91 Å². The van der Waals surface area contributed by atoms with Crippen LogP contribution in [0.5, 0.6) is 0 Å². The predicted octanol–water partition coefficient (Wildman–Crippen LogP) is 7.38. The second-order valence-electron chi connectivity index (χ2n) is 8.26. The minimum Gasteiger partial charge on any atom is -0.337 e. The SMILES string of the molecule is Cc1cccc(N2C(=O)C(=C3Sc4ccc(Cl)cc4N3C)SC2=Nc2ccc3ncccc3c2)c1. The Kier molecular flexibility index (Phi) is 5.56. The Balaban J connectivity index is 1.47. The summed E-state index contributed by atoms with van der Waals surface area (Å²) in [7, 11) is 1.97. The number of anilines is 2. The average molecular weight is 515 g/mol. The molecule has 0 atom stereocenters. The molecule has 172 valence electrons. The van der Waals surface area contributed by atoms with E-state index in [1.807, 2.05) is 91.7 Å². The quantitative estimate of drug-likeness (QED) is 0.261.